The van der Waals surface area contributed by atoms with Gasteiger partial charge >= 0.3 is 0 Å². The molecule has 2 aromatic rings. The van der Waals surface area contributed by atoms with E-state index in [0.29, 0.717) is 34.2 Å². The largest absolute Gasteiger partial charge is 0.507 e. The molecular formula is C38H50O2. The number of hydrogen-bond acceptors (Lipinski definition) is 2. The van der Waals surface area contributed by atoms with Crippen molar-refractivity contribution in [3.8, 4) is 22.6 Å². The van der Waals surface area contributed by atoms with Gasteiger partial charge in [0.25, 0.3) is 0 Å². The van der Waals surface area contributed by atoms with E-state index >= 15 is 0 Å². The molecule has 214 valence electrons. The van der Waals surface area contributed by atoms with Crippen molar-refractivity contribution >= 4 is 0 Å². The fourth-order valence-corrected chi connectivity index (χ4v) is 12.2. The van der Waals surface area contributed by atoms with Crippen molar-refractivity contribution < 1.29 is 10.2 Å². The van der Waals surface area contributed by atoms with Gasteiger partial charge in [-0.2, -0.15) is 0 Å². The third-order valence-corrected chi connectivity index (χ3v) is 14.2. The first kappa shape index (κ1) is 25.7. The molecule has 2 aromatic carbocycles. The summed E-state index contributed by atoms with van der Waals surface area (Å²) in [4.78, 5) is 0. The summed E-state index contributed by atoms with van der Waals surface area (Å²) in [5.74, 6) is 5.38. The molecule has 0 bridgehead atoms. The SMILES string of the molecule is Cc1cc2c(c(-c3c(O)c(C)cc4c3CC[C@@H]3[C@@H]4CC[C@]4(C)CCC[C@@H]34)c1O)CC[C@@H]1[C@@H]2CC[C@]2(C)CCC[C@@H]12. The van der Waals surface area contributed by atoms with Crippen LogP contribution in [-0.4, -0.2) is 10.2 Å². The molecule has 4 fully saturated rings. The number of phenolic OH excluding ortho intramolecular Hbond substituents is 2. The van der Waals surface area contributed by atoms with Crippen molar-refractivity contribution in [1.82, 2.24) is 0 Å². The average Bonchev–Trinajstić information content (AvgIpc) is 3.53. The normalized spacial score (nSPS) is 39.5. The standard InChI is InChI=1S/C38H50O2/c1-21-19-29-23-13-17-37(3)15-5-7-31(37)25(23)9-11-27(29)33(35(21)39)34-28-12-10-26-24(30(28)20-22(2)36(34)40)14-18-38(4)16-6-8-32(26)38/h19-20,23-26,31-32,39-40H,5-18H2,1-4H3/t23-,24-,25+,26+,31-,32-,37-,38-/m0/s1. The molecule has 0 spiro atoms. The fourth-order valence-electron chi connectivity index (χ4n) is 12.2. The minimum atomic E-state index is 0.427. The van der Waals surface area contributed by atoms with E-state index in [2.05, 4.69) is 39.8 Å². The van der Waals surface area contributed by atoms with Crippen LogP contribution in [0.1, 0.15) is 136 Å². The van der Waals surface area contributed by atoms with Gasteiger partial charge in [-0.15, -0.1) is 0 Å². The predicted molar refractivity (Wildman–Crippen MR) is 163 cm³/mol. The van der Waals surface area contributed by atoms with Crippen molar-refractivity contribution in [3.63, 3.8) is 0 Å². The van der Waals surface area contributed by atoms with E-state index in [4.69, 9.17) is 0 Å². The summed E-state index contributed by atoms with van der Waals surface area (Å²) in [6.45, 7) is 9.35. The Morgan fingerprint density at radius 1 is 0.600 bits per heavy atom. The molecule has 0 saturated heterocycles. The molecule has 0 aliphatic heterocycles. The average molecular weight is 539 g/mol. The molecule has 6 aliphatic rings. The molecule has 0 heterocycles. The number of aromatic hydroxyl groups is 2. The molecule has 0 amide bonds. The van der Waals surface area contributed by atoms with Crippen molar-refractivity contribution in [2.45, 2.75) is 129 Å². The minimum absolute atomic E-state index is 0.427. The molecule has 0 aromatic heterocycles. The van der Waals surface area contributed by atoms with Gasteiger partial charge in [0.2, 0.25) is 0 Å². The van der Waals surface area contributed by atoms with Gasteiger partial charge in [0.05, 0.1) is 0 Å². The molecule has 6 aliphatic carbocycles. The third-order valence-electron chi connectivity index (χ3n) is 14.2. The highest BCUT2D eigenvalue weighted by Crippen LogP contribution is 2.64. The lowest BCUT2D eigenvalue weighted by molar-refractivity contribution is 0.0596. The Balaban J connectivity index is 1.27. The molecule has 8 atom stereocenters. The highest BCUT2D eigenvalue weighted by atomic mass is 16.3. The first-order chi connectivity index (χ1) is 19.2. The lowest BCUT2D eigenvalue weighted by Gasteiger charge is -2.50. The summed E-state index contributed by atoms with van der Waals surface area (Å²) in [5.41, 5.74) is 10.9. The van der Waals surface area contributed by atoms with Crippen molar-refractivity contribution in [1.29, 1.82) is 0 Å². The van der Waals surface area contributed by atoms with E-state index in [-0.39, 0.29) is 0 Å². The van der Waals surface area contributed by atoms with Crippen LogP contribution in [0.5, 0.6) is 11.5 Å². The highest BCUT2D eigenvalue weighted by molar-refractivity contribution is 5.85. The van der Waals surface area contributed by atoms with E-state index in [1.54, 1.807) is 0 Å². The topological polar surface area (TPSA) is 40.5 Å². The minimum Gasteiger partial charge on any atom is -0.507 e. The highest BCUT2D eigenvalue weighted by Gasteiger charge is 2.52. The molecule has 2 nitrogen and oxygen atoms in total. The van der Waals surface area contributed by atoms with Crippen LogP contribution < -0.4 is 0 Å². The van der Waals surface area contributed by atoms with Crippen molar-refractivity contribution in [2.24, 2.45) is 34.5 Å². The number of hydrogen-bond donors (Lipinski definition) is 2. The number of benzene rings is 2. The van der Waals surface area contributed by atoms with Gasteiger partial charge in [0.15, 0.2) is 0 Å². The van der Waals surface area contributed by atoms with Gasteiger partial charge in [-0.1, -0.05) is 38.8 Å². The van der Waals surface area contributed by atoms with Crippen LogP contribution >= 0.6 is 0 Å². The zero-order valence-corrected chi connectivity index (χ0v) is 25.4. The van der Waals surface area contributed by atoms with Crippen LogP contribution in [0.15, 0.2) is 12.1 Å². The van der Waals surface area contributed by atoms with Crippen molar-refractivity contribution in [2.75, 3.05) is 0 Å². The number of fused-ring (bicyclic) bond motifs is 10. The quantitative estimate of drug-likeness (QED) is 0.379. The van der Waals surface area contributed by atoms with Crippen LogP contribution in [0.25, 0.3) is 11.1 Å². The van der Waals surface area contributed by atoms with Crippen LogP contribution in [0.3, 0.4) is 0 Å². The van der Waals surface area contributed by atoms with E-state index < -0.39 is 0 Å². The molecule has 2 N–H and O–H groups in total. The maximum atomic E-state index is 11.8. The second kappa shape index (κ2) is 8.78. The van der Waals surface area contributed by atoms with E-state index in [1.807, 2.05) is 0 Å². The number of rotatable bonds is 1. The van der Waals surface area contributed by atoms with Gasteiger partial charge in [-0.3, -0.25) is 0 Å². The summed E-state index contributed by atoms with van der Waals surface area (Å²) in [6.07, 6.45) is 18.3. The first-order valence-corrected chi connectivity index (χ1v) is 16.9. The molecule has 0 radical (unpaired) electrons. The Morgan fingerprint density at radius 3 is 1.45 bits per heavy atom. The second-order valence-corrected chi connectivity index (χ2v) is 16.0. The maximum absolute atomic E-state index is 11.8. The third kappa shape index (κ3) is 3.40. The van der Waals surface area contributed by atoms with E-state index in [9.17, 15) is 10.2 Å². The molecule has 4 saturated carbocycles. The Bertz CT molecular complexity index is 1280. The summed E-state index contributed by atoms with van der Waals surface area (Å²) in [6, 6.07) is 4.69. The number of aryl methyl sites for hydroxylation is 2. The van der Waals surface area contributed by atoms with E-state index in [1.165, 1.54) is 99.3 Å². The Morgan fingerprint density at radius 2 is 1.02 bits per heavy atom. The lowest BCUT2D eigenvalue weighted by Crippen LogP contribution is -2.40. The van der Waals surface area contributed by atoms with Crippen LogP contribution in [-0.2, 0) is 12.8 Å². The summed E-state index contributed by atoms with van der Waals surface area (Å²) in [5, 5.41) is 23.6. The van der Waals surface area contributed by atoms with Gasteiger partial charge in [0, 0.05) is 11.1 Å². The summed E-state index contributed by atoms with van der Waals surface area (Å²) < 4.78 is 0. The zero-order valence-electron chi connectivity index (χ0n) is 25.4. The fraction of sp³-hybridized carbons (Fsp3) is 0.684. The Hall–Kier alpha value is -1.96. The van der Waals surface area contributed by atoms with Gasteiger partial charge in [-0.05, 0) is 171 Å². The molecule has 8 rings (SSSR count). The summed E-state index contributed by atoms with van der Waals surface area (Å²) in [7, 11) is 0. The molecule has 40 heavy (non-hydrogen) atoms. The molecule has 0 unspecified atom stereocenters. The van der Waals surface area contributed by atoms with Gasteiger partial charge in [-0.25, -0.2) is 0 Å². The van der Waals surface area contributed by atoms with Crippen LogP contribution in [0.2, 0.25) is 0 Å². The molecule has 2 heteroatoms. The van der Waals surface area contributed by atoms with Crippen LogP contribution in [0.4, 0.5) is 0 Å². The zero-order chi connectivity index (χ0) is 27.6. The molecular weight excluding hydrogens is 488 g/mol. The lowest BCUT2D eigenvalue weighted by atomic mass is 9.54. The van der Waals surface area contributed by atoms with Crippen molar-refractivity contribution in [3.05, 3.63) is 45.5 Å². The Kier molecular flexibility index (Phi) is 5.64. The summed E-state index contributed by atoms with van der Waals surface area (Å²) >= 11 is 0. The maximum Gasteiger partial charge on any atom is 0.126 e. The first-order valence-electron chi connectivity index (χ1n) is 16.9. The number of phenols is 2. The van der Waals surface area contributed by atoms with Crippen LogP contribution in [0, 0.1) is 48.3 Å². The monoisotopic (exact) mass is 538 g/mol. The second-order valence-electron chi connectivity index (χ2n) is 16.0. The smallest absolute Gasteiger partial charge is 0.126 e. The van der Waals surface area contributed by atoms with E-state index in [0.717, 1.165) is 58.8 Å². The Labute approximate surface area is 242 Å². The predicted octanol–water partition coefficient (Wildman–Crippen LogP) is 9.87. The van der Waals surface area contributed by atoms with Gasteiger partial charge in [0.1, 0.15) is 11.5 Å². The van der Waals surface area contributed by atoms with Gasteiger partial charge < -0.3 is 10.2 Å².